The summed E-state index contributed by atoms with van der Waals surface area (Å²) in [6.07, 6.45) is -5.19. The second kappa shape index (κ2) is 8.55. The molecule has 2 aromatic rings. The number of rotatable bonds is 3. The van der Waals surface area contributed by atoms with Crippen molar-refractivity contribution >= 4 is 23.6 Å². The van der Waals surface area contributed by atoms with Gasteiger partial charge in [-0.3, -0.25) is 4.79 Å². The fraction of sp³-hybridized carbons (Fsp3) is 0.333. The van der Waals surface area contributed by atoms with Gasteiger partial charge in [0.05, 0.1) is 5.56 Å². The zero-order chi connectivity index (χ0) is 22.1. The molecule has 2 amide bonds. The predicted octanol–water partition coefficient (Wildman–Crippen LogP) is 4.97. The van der Waals surface area contributed by atoms with Crippen LogP contribution in [0.1, 0.15) is 33.8 Å². The average molecular weight is 441 g/mol. The third kappa shape index (κ3) is 4.70. The van der Waals surface area contributed by atoms with E-state index < -0.39 is 23.8 Å². The highest BCUT2D eigenvalue weighted by Crippen LogP contribution is 2.34. The molecule has 0 aliphatic carbocycles. The van der Waals surface area contributed by atoms with Crippen LogP contribution in [0.25, 0.3) is 0 Å². The number of nitrogens with zero attached hydrogens (tertiary/aromatic N) is 2. The van der Waals surface area contributed by atoms with Gasteiger partial charge in [-0.05, 0) is 48.4 Å². The zero-order valence-corrected chi connectivity index (χ0v) is 16.8. The van der Waals surface area contributed by atoms with Crippen molar-refractivity contribution < 1.29 is 27.9 Å². The fourth-order valence-electron chi connectivity index (χ4n) is 3.77. The Labute approximate surface area is 176 Å². The van der Waals surface area contributed by atoms with E-state index in [9.17, 15) is 27.9 Å². The van der Waals surface area contributed by atoms with Gasteiger partial charge in [0.2, 0.25) is 0 Å². The van der Waals surface area contributed by atoms with Gasteiger partial charge in [0.15, 0.2) is 0 Å². The van der Waals surface area contributed by atoms with Crippen LogP contribution in [-0.4, -0.2) is 53.1 Å². The number of likely N-dealkylation sites (tertiary alicyclic amines) is 1. The molecular formula is C21H20ClF3N2O3. The highest BCUT2D eigenvalue weighted by atomic mass is 35.5. The van der Waals surface area contributed by atoms with Crippen LogP contribution in [0.3, 0.4) is 0 Å². The molecule has 1 N–H and O–H groups in total. The predicted molar refractivity (Wildman–Crippen MR) is 106 cm³/mol. The number of hydrogen-bond donors (Lipinski definition) is 1. The van der Waals surface area contributed by atoms with Crippen molar-refractivity contribution in [1.82, 2.24) is 9.80 Å². The van der Waals surface area contributed by atoms with Crippen molar-refractivity contribution in [1.29, 1.82) is 0 Å². The molecule has 3 rings (SSSR count). The number of alkyl halides is 3. The average Bonchev–Trinajstić information content (AvgIpc) is 2.72. The standard InChI is InChI=1S/C21H20ClF3N2O3/c1-26(19(28)14-4-8-16(22)9-5-14)18-10-11-27(20(29)30)12-17(18)13-2-6-15(7-3-13)21(23,24)25/h2-9,17-18H,10-12H2,1H3,(H,29,30)/t17-,18+/m0/s1. The molecule has 1 aliphatic heterocycles. The fourth-order valence-corrected chi connectivity index (χ4v) is 3.90. The maximum atomic E-state index is 12.9. The van der Waals surface area contributed by atoms with Crippen LogP contribution in [0.15, 0.2) is 48.5 Å². The molecule has 0 spiro atoms. The lowest BCUT2D eigenvalue weighted by atomic mass is 9.84. The van der Waals surface area contributed by atoms with Crippen LogP contribution in [0.2, 0.25) is 5.02 Å². The van der Waals surface area contributed by atoms with Gasteiger partial charge in [-0.15, -0.1) is 0 Å². The molecule has 1 heterocycles. The molecule has 9 heteroatoms. The van der Waals surface area contributed by atoms with Gasteiger partial charge in [0.1, 0.15) is 0 Å². The summed E-state index contributed by atoms with van der Waals surface area (Å²) in [6.45, 7) is 0.318. The second-order valence-corrected chi connectivity index (χ2v) is 7.67. The van der Waals surface area contributed by atoms with Gasteiger partial charge in [-0.1, -0.05) is 23.7 Å². The molecule has 1 saturated heterocycles. The van der Waals surface area contributed by atoms with E-state index in [4.69, 9.17) is 11.6 Å². The Hall–Kier alpha value is -2.74. The molecule has 2 aromatic carbocycles. The lowest BCUT2D eigenvalue weighted by Crippen LogP contribution is -2.51. The van der Waals surface area contributed by atoms with Crippen molar-refractivity contribution in [3.05, 3.63) is 70.2 Å². The van der Waals surface area contributed by atoms with Crippen LogP contribution in [0, 0.1) is 0 Å². The number of benzene rings is 2. The lowest BCUT2D eigenvalue weighted by molar-refractivity contribution is -0.137. The van der Waals surface area contributed by atoms with Gasteiger partial charge in [0, 0.05) is 42.7 Å². The zero-order valence-electron chi connectivity index (χ0n) is 16.1. The normalized spacial score (nSPS) is 19.4. The Morgan fingerprint density at radius 3 is 2.23 bits per heavy atom. The summed E-state index contributed by atoms with van der Waals surface area (Å²) >= 11 is 5.87. The van der Waals surface area contributed by atoms with Crippen molar-refractivity contribution in [3.63, 3.8) is 0 Å². The molecule has 2 atom stereocenters. The van der Waals surface area contributed by atoms with Gasteiger partial charge >= 0.3 is 12.3 Å². The molecule has 1 aliphatic rings. The lowest BCUT2D eigenvalue weighted by Gasteiger charge is -2.42. The van der Waals surface area contributed by atoms with E-state index in [-0.39, 0.29) is 25.0 Å². The minimum absolute atomic E-state index is 0.0869. The Bertz CT molecular complexity index is 917. The summed E-state index contributed by atoms with van der Waals surface area (Å²) in [4.78, 5) is 27.2. The minimum atomic E-state index is -4.46. The Morgan fingerprint density at radius 2 is 1.70 bits per heavy atom. The number of carbonyl (C=O) groups excluding carboxylic acids is 1. The number of carbonyl (C=O) groups is 2. The molecule has 30 heavy (non-hydrogen) atoms. The Kier molecular flexibility index (Phi) is 6.26. The molecule has 0 saturated carbocycles. The SMILES string of the molecule is CN(C(=O)c1ccc(Cl)cc1)[C@@H]1CCN(C(=O)O)C[C@H]1c1ccc(C(F)(F)F)cc1. The van der Waals surface area contributed by atoms with Gasteiger partial charge in [-0.2, -0.15) is 13.2 Å². The van der Waals surface area contributed by atoms with E-state index in [0.717, 1.165) is 12.1 Å². The molecule has 0 aromatic heterocycles. The summed E-state index contributed by atoms with van der Waals surface area (Å²) in [5.41, 5.74) is 0.197. The third-order valence-corrected chi connectivity index (χ3v) is 5.67. The van der Waals surface area contributed by atoms with Crippen molar-refractivity contribution in [2.75, 3.05) is 20.1 Å². The molecule has 0 bridgehead atoms. The molecule has 5 nitrogen and oxygen atoms in total. The van der Waals surface area contributed by atoms with Gasteiger partial charge < -0.3 is 14.9 Å². The largest absolute Gasteiger partial charge is 0.465 e. The smallest absolute Gasteiger partial charge is 0.416 e. The van der Waals surface area contributed by atoms with Crippen molar-refractivity contribution in [2.24, 2.45) is 0 Å². The molecular weight excluding hydrogens is 421 g/mol. The van der Waals surface area contributed by atoms with E-state index in [0.29, 0.717) is 22.6 Å². The summed E-state index contributed by atoms with van der Waals surface area (Å²) in [6, 6.07) is 10.7. The summed E-state index contributed by atoms with van der Waals surface area (Å²) < 4.78 is 38.7. The van der Waals surface area contributed by atoms with Crippen LogP contribution < -0.4 is 0 Å². The minimum Gasteiger partial charge on any atom is -0.465 e. The molecule has 1 fully saturated rings. The number of hydrogen-bond acceptors (Lipinski definition) is 2. The van der Waals surface area contributed by atoms with E-state index in [1.54, 1.807) is 31.3 Å². The maximum absolute atomic E-state index is 12.9. The number of piperidine rings is 1. The van der Waals surface area contributed by atoms with E-state index >= 15 is 0 Å². The third-order valence-electron chi connectivity index (χ3n) is 5.42. The monoisotopic (exact) mass is 440 g/mol. The van der Waals surface area contributed by atoms with Crippen molar-refractivity contribution in [3.8, 4) is 0 Å². The van der Waals surface area contributed by atoms with Crippen LogP contribution in [-0.2, 0) is 6.18 Å². The molecule has 0 unspecified atom stereocenters. The van der Waals surface area contributed by atoms with E-state index in [1.165, 1.54) is 21.9 Å². The van der Waals surface area contributed by atoms with Crippen LogP contribution >= 0.6 is 11.6 Å². The van der Waals surface area contributed by atoms with Crippen LogP contribution in [0.4, 0.5) is 18.0 Å². The summed E-state index contributed by atoms with van der Waals surface area (Å²) in [5, 5.41) is 9.87. The Morgan fingerprint density at radius 1 is 1.10 bits per heavy atom. The second-order valence-electron chi connectivity index (χ2n) is 7.23. The highest BCUT2D eigenvalue weighted by Gasteiger charge is 2.37. The first-order chi connectivity index (χ1) is 14.1. The summed E-state index contributed by atoms with van der Waals surface area (Å²) in [5.74, 6) is -0.726. The van der Waals surface area contributed by atoms with Crippen LogP contribution in [0.5, 0.6) is 0 Å². The maximum Gasteiger partial charge on any atom is 0.416 e. The number of likely N-dealkylation sites (N-methyl/N-ethyl adjacent to an activating group) is 1. The quantitative estimate of drug-likeness (QED) is 0.733. The number of halogens is 4. The van der Waals surface area contributed by atoms with Gasteiger partial charge in [-0.25, -0.2) is 4.79 Å². The first kappa shape index (κ1) is 22.0. The molecule has 0 radical (unpaired) electrons. The topological polar surface area (TPSA) is 60.9 Å². The first-order valence-electron chi connectivity index (χ1n) is 9.25. The first-order valence-corrected chi connectivity index (χ1v) is 9.63. The number of carboxylic acid groups (broad SMARTS) is 1. The number of amides is 2. The highest BCUT2D eigenvalue weighted by molar-refractivity contribution is 6.30. The van der Waals surface area contributed by atoms with E-state index in [2.05, 4.69) is 0 Å². The van der Waals surface area contributed by atoms with Crippen molar-refractivity contribution in [2.45, 2.75) is 24.6 Å². The Balaban J connectivity index is 1.89. The van der Waals surface area contributed by atoms with E-state index in [1.807, 2.05) is 0 Å². The summed E-state index contributed by atoms with van der Waals surface area (Å²) in [7, 11) is 1.62. The van der Waals surface area contributed by atoms with Gasteiger partial charge in [0.25, 0.3) is 5.91 Å². The molecule has 160 valence electrons.